The number of thiophene rings is 1. The number of nitrogens with zero attached hydrogens (tertiary/aromatic N) is 1. The first-order chi connectivity index (χ1) is 14.1. The Balaban J connectivity index is 1.66. The van der Waals surface area contributed by atoms with Gasteiger partial charge < -0.3 is 14.5 Å². The zero-order valence-electron chi connectivity index (χ0n) is 16.7. The van der Waals surface area contributed by atoms with Crippen molar-refractivity contribution in [1.29, 1.82) is 0 Å². The molecule has 1 aliphatic carbocycles. The van der Waals surface area contributed by atoms with Crippen LogP contribution in [-0.4, -0.2) is 19.2 Å². The van der Waals surface area contributed by atoms with Crippen molar-refractivity contribution < 1.29 is 13.9 Å². The third-order valence-corrected chi connectivity index (χ3v) is 6.25. The van der Waals surface area contributed by atoms with Gasteiger partial charge >= 0.3 is 0 Å². The van der Waals surface area contributed by atoms with E-state index >= 15 is 0 Å². The first kappa shape index (κ1) is 19.5. The summed E-state index contributed by atoms with van der Waals surface area (Å²) in [5, 5.41) is 3.77. The van der Waals surface area contributed by atoms with E-state index in [1.165, 1.54) is 11.3 Å². The van der Waals surface area contributed by atoms with Gasteiger partial charge in [-0.2, -0.15) is 0 Å². The Bertz CT molecular complexity index is 1030. The number of carbonyl (C=O) groups excluding carboxylic acids is 1. The third-order valence-electron chi connectivity index (χ3n) is 5.05. The van der Waals surface area contributed by atoms with Crippen LogP contribution >= 0.6 is 11.3 Å². The Kier molecular flexibility index (Phi) is 5.81. The zero-order chi connectivity index (χ0) is 20.2. The van der Waals surface area contributed by atoms with Gasteiger partial charge in [-0.3, -0.25) is 4.79 Å². The first-order valence-electron chi connectivity index (χ1n) is 9.84. The average molecular weight is 409 g/mol. The molecule has 0 atom stereocenters. The molecule has 0 bridgehead atoms. The maximum Gasteiger partial charge on any atom is 0.259 e. The lowest BCUT2D eigenvalue weighted by molar-refractivity contribution is 0.102. The molecular formula is C23H24N2O3S. The number of hydrogen-bond acceptors (Lipinski definition) is 5. The van der Waals surface area contributed by atoms with Gasteiger partial charge in [-0.1, -0.05) is 6.42 Å². The van der Waals surface area contributed by atoms with Crippen LogP contribution in [0.1, 0.15) is 51.6 Å². The van der Waals surface area contributed by atoms with Crippen LogP contribution in [0.15, 0.2) is 45.8 Å². The summed E-state index contributed by atoms with van der Waals surface area (Å²) < 4.78 is 10.8. The van der Waals surface area contributed by atoms with Crippen molar-refractivity contribution in [3.05, 3.63) is 63.9 Å². The summed E-state index contributed by atoms with van der Waals surface area (Å²) in [5.74, 6) is 2.17. The highest BCUT2D eigenvalue weighted by Crippen LogP contribution is 2.39. The molecule has 0 saturated heterocycles. The van der Waals surface area contributed by atoms with E-state index in [1.54, 1.807) is 24.7 Å². The summed E-state index contributed by atoms with van der Waals surface area (Å²) in [6.07, 6.45) is 7.10. The normalized spacial score (nSPS) is 13.9. The van der Waals surface area contributed by atoms with Gasteiger partial charge in [0.05, 0.1) is 18.9 Å². The molecule has 0 spiro atoms. The number of rotatable bonds is 5. The SMILES string of the molecule is COc1ccc(NC(=O)c2c(N=Cc3ccc(C)o3)sc3c2CCCCC3)cc1. The highest BCUT2D eigenvalue weighted by Gasteiger charge is 2.24. The number of methoxy groups -OCH3 is 1. The molecule has 150 valence electrons. The van der Waals surface area contributed by atoms with E-state index in [2.05, 4.69) is 10.3 Å². The lowest BCUT2D eigenvalue weighted by Gasteiger charge is -2.08. The smallest absolute Gasteiger partial charge is 0.259 e. The van der Waals surface area contributed by atoms with Crippen LogP contribution in [-0.2, 0) is 12.8 Å². The zero-order valence-corrected chi connectivity index (χ0v) is 17.5. The number of nitrogens with one attached hydrogen (secondary N) is 1. The van der Waals surface area contributed by atoms with Gasteiger partial charge in [0.25, 0.3) is 5.91 Å². The third kappa shape index (κ3) is 4.43. The minimum Gasteiger partial charge on any atom is -0.497 e. The van der Waals surface area contributed by atoms with Crippen molar-refractivity contribution in [2.24, 2.45) is 4.99 Å². The highest BCUT2D eigenvalue weighted by molar-refractivity contribution is 7.16. The number of fused-ring (bicyclic) bond motifs is 1. The Morgan fingerprint density at radius 1 is 1.14 bits per heavy atom. The summed E-state index contributed by atoms with van der Waals surface area (Å²) in [5.41, 5.74) is 2.59. The predicted molar refractivity (Wildman–Crippen MR) is 117 cm³/mol. The van der Waals surface area contributed by atoms with Crippen LogP contribution in [0, 0.1) is 6.92 Å². The molecule has 1 amide bonds. The molecule has 4 rings (SSSR count). The number of aryl methyl sites for hydroxylation is 2. The lowest BCUT2D eigenvalue weighted by Crippen LogP contribution is -2.13. The van der Waals surface area contributed by atoms with Gasteiger partial charge in [0, 0.05) is 10.6 Å². The van der Waals surface area contributed by atoms with Crippen LogP contribution in [0.4, 0.5) is 10.7 Å². The van der Waals surface area contributed by atoms with Gasteiger partial charge in [-0.25, -0.2) is 4.99 Å². The summed E-state index contributed by atoms with van der Waals surface area (Å²) in [6, 6.07) is 11.1. The number of anilines is 1. The van der Waals surface area contributed by atoms with Gasteiger partial charge in [0.1, 0.15) is 22.3 Å². The number of carbonyl (C=O) groups is 1. The van der Waals surface area contributed by atoms with Crippen molar-refractivity contribution in [3.63, 3.8) is 0 Å². The molecule has 1 aliphatic rings. The van der Waals surface area contributed by atoms with Crippen LogP contribution in [0.2, 0.25) is 0 Å². The molecule has 0 radical (unpaired) electrons. The molecule has 0 unspecified atom stereocenters. The maximum absolute atomic E-state index is 13.2. The fraction of sp³-hybridized carbons (Fsp3) is 0.304. The predicted octanol–water partition coefficient (Wildman–Crippen LogP) is 5.93. The number of aliphatic imine (C=N–C) groups is 1. The van der Waals surface area contributed by atoms with E-state index in [1.807, 2.05) is 43.3 Å². The minimum atomic E-state index is -0.114. The van der Waals surface area contributed by atoms with E-state index < -0.39 is 0 Å². The molecule has 0 fully saturated rings. The summed E-state index contributed by atoms with van der Waals surface area (Å²) in [4.78, 5) is 19.1. The maximum atomic E-state index is 13.2. The second-order valence-electron chi connectivity index (χ2n) is 7.13. The number of hydrogen-bond donors (Lipinski definition) is 1. The molecule has 3 aromatic rings. The van der Waals surface area contributed by atoms with Gasteiger partial charge in [-0.15, -0.1) is 11.3 Å². The molecule has 6 heteroatoms. The molecule has 2 heterocycles. The van der Waals surface area contributed by atoms with E-state index in [-0.39, 0.29) is 5.91 Å². The molecule has 0 aliphatic heterocycles. The molecule has 5 nitrogen and oxygen atoms in total. The largest absolute Gasteiger partial charge is 0.497 e. The second kappa shape index (κ2) is 8.66. The summed E-state index contributed by atoms with van der Waals surface area (Å²) in [7, 11) is 1.62. The Labute approximate surface area is 174 Å². The fourth-order valence-corrected chi connectivity index (χ4v) is 4.80. The standard InChI is InChI=1S/C23H24N2O3S/c1-15-8-11-18(28-15)14-24-23-21(19-6-4-3-5-7-20(19)29-23)22(26)25-16-9-12-17(27-2)13-10-16/h8-14H,3-7H2,1-2H3,(H,25,26). The van der Waals surface area contributed by atoms with Crippen LogP contribution in [0.3, 0.4) is 0 Å². The fourth-order valence-electron chi connectivity index (χ4n) is 3.57. The van der Waals surface area contributed by atoms with Crippen molar-refractivity contribution in [2.45, 2.75) is 39.0 Å². The topological polar surface area (TPSA) is 63.8 Å². The van der Waals surface area contributed by atoms with E-state index in [4.69, 9.17) is 9.15 Å². The molecule has 0 saturated carbocycles. The minimum absolute atomic E-state index is 0.114. The number of amides is 1. The van der Waals surface area contributed by atoms with Crippen LogP contribution < -0.4 is 10.1 Å². The highest BCUT2D eigenvalue weighted by atomic mass is 32.1. The molecule has 29 heavy (non-hydrogen) atoms. The molecule has 1 N–H and O–H groups in total. The lowest BCUT2D eigenvalue weighted by atomic mass is 10.0. The second-order valence-corrected chi connectivity index (χ2v) is 8.22. The Morgan fingerprint density at radius 2 is 1.93 bits per heavy atom. The van der Waals surface area contributed by atoms with Gasteiger partial charge in [-0.05, 0) is 74.6 Å². The van der Waals surface area contributed by atoms with E-state index in [9.17, 15) is 4.79 Å². The van der Waals surface area contributed by atoms with Crippen molar-refractivity contribution in [1.82, 2.24) is 0 Å². The number of benzene rings is 1. The Morgan fingerprint density at radius 3 is 2.66 bits per heavy atom. The van der Waals surface area contributed by atoms with Crippen molar-refractivity contribution in [2.75, 3.05) is 12.4 Å². The summed E-state index contributed by atoms with van der Waals surface area (Å²) in [6.45, 7) is 1.90. The van der Waals surface area contributed by atoms with Gasteiger partial charge in [0.15, 0.2) is 0 Å². The average Bonchev–Trinajstić information content (AvgIpc) is 3.22. The Hall–Kier alpha value is -2.86. The quantitative estimate of drug-likeness (QED) is 0.420. The van der Waals surface area contributed by atoms with E-state index in [0.717, 1.165) is 53.4 Å². The van der Waals surface area contributed by atoms with Crippen molar-refractivity contribution in [3.8, 4) is 5.75 Å². The number of ether oxygens (including phenoxy) is 1. The first-order valence-corrected chi connectivity index (χ1v) is 10.7. The molecule has 1 aromatic carbocycles. The monoisotopic (exact) mass is 408 g/mol. The number of furan rings is 1. The van der Waals surface area contributed by atoms with Crippen LogP contribution in [0.25, 0.3) is 0 Å². The van der Waals surface area contributed by atoms with Crippen molar-refractivity contribution >= 4 is 34.1 Å². The van der Waals surface area contributed by atoms with Gasteiger partial charge in [0.2, 0.25) is 0 Å². The molecular weight excluding hydrogens is 384 g/mol. The van der Waals surface area contributed by atoms with Crippen LogP contribution in [0.5, 0.6) is 5.75 Å². The summed E-state index contributed by atoms with van der Waals surface area (Å²) >= 11 is 1.63. The molecule has 2 aromatic heterocycles. The van der Waals surface area contributed by atoms with E-state index in [0.29, 0.717) is 11.3 Å².